The van der Waals surface area contributed by atoms with Crippen LogP contribution in [0.2, 0.25) is 0 Å². The summed E-state index contributed by atoms with van der Waals surface area (Å²) in [7, 11) is 3.54. The molecule has 1 aromatic carbocycles. The van der Waals surface area contributed by atoms with Crippen molar-refractivity contribution in [3.8, 4) is 0 Å². The van der Waals surface area contributed by atoms with Crippen LogP contribution >= 0.6 is 0 Å². The lowest BCUT2D eigenvalue weighted by Gasteiger charge is -2.28. The van der Waals surface area contributed by atoms with Gasteiger partial charge in [0.2, 0.25) is 5.91 Å². The van der Waals surface area contributed by atoms with E-state index in [4.69, 9.17) is 0 Å². The number of carbonyl (C=O) groups excluding carboxylic acids is 1. The van der Waals surface area contributed by atoms with Crippen LogP contribution in [-0.4, -0.2) is 49.5 Å². The van der Waals surface area contributed by atoms with Gasteiger partial charge in [0.25, 0.3) is 0 Å². The fourth-order valence-corrected chi connectivity index (χ4v) is 3.70. The van der Waals surface area contributed by atoms with E-state index in [-0.39, 0.29) is 12.5 Å². The molecule has 5 nitrogen and oxygen atoms in total. The normalized spacial score (nSPS) is 20.9. The van der Waals surface area contributed by atoms with Crippen molar-refractivity contribution in [3.05, 3.63) is 35.4 Å². The number of fused-ring (bicyclic) bond motifs is 1. The molecule has 1 unspecified atom stereocenters. The standard InChI is InChI=1S/C20H30N4O/c1-24(2)19(25)14-21-20(22-17-9-5-6-10-17)23-18-12-11-15-7-3-4-8-16(15)13-18/h3-4,7-8,17-18H,5-6,9-14H2,1-2H3,(H2,21,22,23). The summed E-state index contributed by atoms with van der Waals surface area (Å²) in [6.45, 7) is 0.193. The first kappa shape index (κ1) is 17.8. The first-order valence-electron chi connectivity index (χ1n) is 9.46. The van der Waals surface area contributed by atoms with E-state index in [0.29, 0.717) is 12.1 Å². The third kappa shape index (κ3) is 4.97. The van der Waals surface area contributed by atoms with E-state index in [9.17, 15) is 4.79 Å². The Morgan fingerprint density at radius 2 is 1.76 bits per heavy atom. The predicted octanol–water partition coefficient (Wildman–Crippen LogP) is 2.11. The summed E-state index contributed by atoms with van der Waals surface area (Å²) in [5, 5.41) is 7.14. The van der Waals surface area contributed by atoms with Crippen LogP contribution in [0, 0.1) is 0 Å². The average molecular weight is 342 g/mol. The van der Waals surface area contributed by atoms with Crippen LogP contribution in [0.1, 0.15) is 43.2 Å². The number of nitrogens with one attached hydrogen (secondary N) is 2. The van der Waals surface area contributed by atoms with Crippen molar-refractivity contribution in [2.75, 3.05) is 20.6 Å². The fourth-order valence-electron chi connectivity index (χ4n) is 3.70. The number of guanidine groups is 1. The van der Waals surface area contributed by atoms with E-state index in [1.54, 1.807) is 19.0 Å². The molecular formula is C20H30N4O. The molecule has 3 rings (SSSR count). The number of carbonyl (C=O) groups is 1. The molecule has 0 heterocycles. The number of hydrogen-bond acceptors (Lipinski definition) is 2. The highest BCUT2D eigenvalue weighted by Gasteiger charge is 2.22. The maximum Gasteiger partial charge on any atom is 0.243 e. The quantitative estimate of drug-likeness (QED) is 0.651. The Hall–Kier alpha value is -2.04. The minimum Gasteiger partial charge on any atom is -0.354 e. The van der Waals surface area contributed by atoms with Crippen LogP contribution in [0.3, 0.4) is 0 Å². The second kappa shape index (κ2) is 8.37. The average Bonchev–Trinajstić information content (AvgIpc) is 3.12. The lowest BCUT2D eigenvalue weighted by molar-refractivity contribution is -0.127. The van der Waals surface area contributed by atoms with Crippen LogP contribution in [-0.2, 0) is 17.6 Å². The number of likely N-dealkylation sites (N-methyl/N-ethyl adjacent to an activating group) is 1. The summed E-state index contributed by atoms with van der Waals surface area (Å²) in [5.74, 6) is 0.827. The van der Waals surface area contributed by atoms with Crippen LogP contribution in [0.5, 0.6) is 0 Å². The van der Waals surface area contributed by atoms with Gasteiger partial charge in [0.15, 0.2) is 5.96 Å². The Bertz CT molecular complexity index is 620. The molecule has 0 bridgehead atoms. The van der Waals surface area contributed by atoms with Gasteiger partial charge in [-0.2, -0.15) is 0 Å². The number of benzene rings is 1. The van der Waals surface area contributed by atoms with E-state index in [0.717, 1.165) is 25.2 Å². The number of rotatable bonds is 4. The van der Waals surface area contributed by atoms with E-state index in [1.165, 1.54) is 36.8 Å². The van der Waals surface area contributed by atoms with Gasteiger partial charge in [0, 0.05) is 26.2 Å². The van der Waals surface area contributed by atoms with Crippen molar-refractivity contribution in [1.29, 1.82) is 0 Å². The number of hydrogen-bond donors (Lipinski definition) is 2. The van der Waals surface area contributed by atoms with E-state index in [1.807, 2.05) is 0 Å². The van der Waals surface area contributed by atoms with Gasteiger partial charge < -0.3 is 15.5 Å². The Balaban J connectivity index is 1.64. The smallest absolute Gasteiger partial charge is 0.243 e. The maximum absolute atomic E-state index is 11.9. The Kier molecular flexibility index (Phi) is 5.95. The summed E-state index contributed by atoms with van der Waals surface area (Å²) >= 11 is 0. The van der Waals surface area contributed by atoms with E-state index in [2.05, 4.69) is 39.9 Å². The lowest BCUT2D eigenvalue weighted by atomic mass is 9.88. The molecule has 0 saturated heterocycles. The molecular weight excluding hydrogens is 312 g/mol. The van der Waals surface area contributed by atoms with E-state index >= 15 is 0 Å². The molecule has 25 heavy (non-hydrogen) atoms. The molecule has 1 aromatic rings. The van der Waals surface area contributed by atoms with Gasteiger partial charge in [-0.3, -0.25) is 4.79 Å². The monoisotopic (exact) mass is 342 g/mol. The van der Waals surface area contributed by atoms with Gasteiger partial charge in [-0.15, -0.1) is 0 Å². The predicted molar refractivity (Wildman–Crippen MR) is 102 cm³/mol. The Labute approximate surface area is 150 Å². The molecule has 0 aromatic heterocycles. The van der Waals surface area contributed by atoms with Crippen molar-refractivity contribution < 1.29 is 4.79 Å². The molecule has 0 aliphatic heterocycles. The van der Waals surface area contributed by atoms with Gasteiger partial charge >= 0.3 is 0 Å². The van der Waals surface area contributed by atoms with Crippen molar-refractivity contribution in [2.24, 2.45) is 4.99 Å². The van der Waals surface area contributed by atoms with Crippen molar-refractivity contribution >= 4 is 11.9 Å². The van der Waals surface area contributed by atoms with E-state index < -0.39 is 0 Å². The number of aliphatic imine (C=N–C) groups is 1. The molecule has 136 valence electrons. The van der Waals surface area contributed by atoms with Crippen molar-refractivity contribution in [1.82, 2.24) is 15.5 Å². The minimum absolute atomic E-state index is 0.0292. The topological polar surface area (TPSA) is 56.7 Å². The fraction of sp³-hybridized carbons (Fsp3) is 0.600. The first-order valence-corrected chi connectivity index (χ1v) is 9.46. The summed E-state index contributed by atoms with van der Waals surface area (Å²) in [4.78, 5) is 18.1. The first-order chi connectivity index (χ1) is 12.1. The minimum atomic E-state index is 0.0292. The summed E-state index contributed by atoms with van der Waals surface area (Å²) in [5.41, 5.74) is 2.89. The summed E-state index contributed by atoms with van der Waals surface area (Å²) in [6, 6.07) is 9.54. The number of aryl methyl sites for hydroxylation is 1. The molecule has 1 fully saturated rings. The zero-order valence-corrected chi connectivity index (χ0v) is 15.4. The van der Waals surface area contributed by atoms with Crippen molar-refractivity contribution in [3.63, 3.8) is 0 Å². The van der Waals surface area contributed by atoms with Gasteiger partial charge in [0.05, 0.1) is 0 Å². The van der Waals surface area contributed by atoms with Crippen LogP contribution in [0.15, 0.2) is 29.3 Å². The highest BCUT2D eigenvalue weighted by molar-refractivity contribution is 5.85. The summed E-state index contributed by atoms with van der Waals surface area (Å²) in [6.07, 6.45) is 8.15. The SMILES string of the molecule is CN(C)C(=O)CN=C(NC1CCCC1)NC1CCc2ccccc2C1. The molecule has 2 aliphatic carbocycles. The van der Waals surface area contributed by atoms with Crippen LogP contribution in [0.4, 0.5) is 0 Å². The van der Waals surface area contributed by atoms with Gasteiger partial charge in [-0.1, -0.05) is 37.1 Å². The third-order valence-electron chi connectivity index (χ3n) is 5.25. The molecule has 0 spiro atoms. The molecule has 1 atom stereocenters. The van der Waals surface area contributed by atoms with Crippen LogP contribution in [0.25, 0.3) is 0 Å². The summed E-state index contributed by atoms with van der Waals surface area (Å²) < 4.78 is 0. The molecule has 1 saturated carbocycles. The molecule has 2 N–H and O–H groups in total. The largest absolute Gasteiger partial charge is 0.354 e. The number of nitrogens with zero attached hydrogens (tertiary/aromatic N) is 2. The third-order valence-corrected chi connectivity index (χ3v) is 5.25. The number of amides is 1. The Morgan fingerprint density at radius 1 is 1.08 bits per heavy atom. The van der Waals surface area contributed by atoms with Gasteiger partial charge in [0.1, 0.15) is 6.54 Å². The molecule has 5 heteroatoms. The molecule has 1 amide bonds. The second-order valence-corrected chi connectivity index (χ2v) is 7.43. The maximum atomic E-state index is 11.9. The highest BCUT2D eigenvalue weighted by Crippen LogP contribution is 2.21. The highest BCUT2D eigenvalue weighted by atomic mass is 16.2. The lowest BCUT2D eigenvalue weighted by Crippen LogP contribution is -2.48. The van der Waals surface area contributed by atoms with Crippen LogP contribution < -0.4 is 10.6 Å². The molecule has 2 aliphatic rings. The van der Waals surface area contributed by atoms with Gasteiger partial charge in [-0.05, 0) is 43.2 Å². The van der Waals surface area contributed by atoms with Gasteiger partial charge in [-0.25, -0.2) is 4.99 Å². The zero-order chi connectivity index (χ0) is 17.6. The molecule has 0 radical (unpaired) electrons. The zero-order valence-electron chi connectivity index (χ0n) is 15.4. The Morgan fingerprint density at radius 3 is 2.48 bits per heavy atom. The van der Waals surface area contributed by atoms with Crippen molar-refractivity contribution in [2.45, 2.75) is 57.0 Å². The second-order valence-electron chi connectivity index (χ2n) is 7.43.